The van der Waals surface area contributed by atoms with Crippen molar-refractivity contribution < 1.29 is 18.0 Å². The molecule has 1 atom stereocenters. The fraction of sp³-hybridized carbons (Fsp3) is 0.333. The lowest BCUT2D eigenvalue weighted by Crippen LogP contribution is -2.52. The van der Waals surface area contributed by atoms with Crippen LogP contribution in [0.1, 0.15) is 37.5 Å². The van der Waals surface area contributed by atoms with E-state index in [1.54, 1.807) is 36.4 Å². The quantitative estimate of drug-likeness (QED) is 0.380. The summed E-state index contributed by atoms with van der Waals surface area (Å²) in [5, 5.41) is 3.21. The molecular weight excluding hydrogens is 534 g/mol. The maximum atomic E-state index is 13.9. The number of nitrogens with one attached hydrogen (secondary N) is 1. The van der Waals surface area contributed by atoms with Gasteiger partial charge in [0, 0.05) is 25.0 Å². The molecule has 1 N–H and O–H groups in total. The van der Waals surface area contributed by atoms with E-state index in [2.05, 4.69) is 26.1 Å². The number of likely N-dealkylation sites (N-methyl/N-ethyl adjacent to an activating group) is 1. The second-order valence-electron chi connectivity index (χ2n) is 10.5. The Morgan fingerprint density at radius 3 is 2.00 bits per heavy atom. The third kappa shape index (κ3) is 8.31. The molecule has 3 aromatic rings. The molecular formula is C30H36ClN3O4S. The lowest BCUT2D eigenvalue weighted by molar-refractivity contribution is -0.139. The molecule has 2 amide bonds. The van der Waals surface area contributed by atoms with Gasteiger partial charge in [0.1, 0.15) is 12.6 Å². The van der Waals surface area contributed by atoms with Gasteiger partial charge in [-0.3, -0.25) is 13.9 Å². The number of benzene rings is 3. The van der Waals surface area contributed by atoms with Crippen molar-refractivity contribution in [3.05, 3.63) is 101 Å². The lowest BCUT2D eigenvalue weighted by atomic mass is 9.87. The molecule has 0 radical (unpaired) electrons. The van der Waals surface area contributed by atoms with Crippen LogP contribution in [-0.2, 0) is 38.0 Å². The second kappa shape index (κ2) is 12.7. The molecule has 0 aliphatic carbocycles. The Hall–Kier alpha value is -3.36. The van der Waals surface area contributed by atoms with Gasteiger partial charge in [0.2, 0.25) is 21.8 Å². The summed E-state index contributed by atoms with van der Waals surface area (Å²) >= 11 is 6.06. The third-order valence-electron chi connectivity index (χ3n) is 6.48. The van der Waals surface area contributed by atoms with Crippen LogP contribution in [0.5, 0.6) is 0 Å². The molecule has 3 rings (SSSR count). The van der Waals surface area contributed by atoms with E-state index in [1.165, 1.54) is 11.9 Å². The van der Waals surface area contributed by atoms with Crippen molar-refractivity contribution in [2.75, 3.05) is 24.2 Å². The summed E-state index contributed by atoms with van der Waals surface area (Å²) in [5.74, 6) is -0.846. The van der Waals surface area contributed by atoms with Gasteiger partial charge < -0.3 is 10.2 Å². The molecule has 0 aliphatic rings. The Labute approximate surface area is 236 Å². The van der Waals surface area contributed by atoms with E-state index in [4.69, 9.17) is 11.6 Å². The molecule has 0 heterocycles. The first kappa shape index (κ1) is 30.2. The van der Waals surface area contributed by atoms with Crippen LogP contribution in [0.2, 0.25) is 5.02 Å². The number of carbonyl (C=O) groups excluding carboxylic acids is 2. The van der Waals surface area contributed by atoms with Crippen molar-refractivity contribution in [3.63, 3.8) is 0 Å². The van der Waals surface area contributed by atoms with Crippen molar-refractivity contribution in [2.24, 2.45) is 0 Å². The predicted octanol–water partition coefficient (Wildman–Crippen LogP) is 4.79. The largest absolute Gasteiger partial charge is 0.357 e. The van der Waals surface area contributed by atoms with Gasteiger partial charge in [-0.05, 0) is 46.4 Å². The van der Waals surface area contributed by atoms with Crippen LogP contribution in [0.25, 0.3) is 0 Å². The number of hydrogen-bond donors (Lipinski definition) is 1. The first-order valence-corrected chi connectivity index (χ1v) is 14.9. The average molecular weight is 570 g/mol. The summed E-state index contributed by atoms with van der Waals surface area (Å²) in [6.45, 7) is 5.85. The van der Waals surface area contributed by atoms with E-state index >= 15 is 0 Å². The van der Waals surface area contributed by atoms with Gasteiger partial charge in [0.15, 0.2) is 0 Å². The molecule has 39 heavy (non-hydrogen) atoms. The van der Waals surface area contributed by atoms with Gasteiger partial charge in [-0.2, -0.15) is 0 Å². The number of rotatable bonds is 10. The summed E-state index contributed by atoms with van der Waals surface area (Å²) in [5.41, 5.74) is 2.94. The predicted molar refractivity (Wildman–Crippen MR) is 157 cm³/mol. The normalized spacial score (nSPS) is 12.5. The van der Waals surface area contributed by atoms with E-state index in [0.29, 0.717) is 10.7 Å². The number of hydrogen-bond acceptors (Lipinski definition) is 4. The van der Waals surface area contributed by atoms with Crippen molar-refractivity contribution in [1.82, 2.24) is 10.2 Å². The summed E-state index contributed by atoms with van der Waals surface area (Å²) in [7, 11) is -2.30. The van der Waals surface area contributed by atoms with Crippen LogP contribution >= 0.6 is 11.6 Å². The Morgan fingerprint density at radius 1 is 0.897 bits per heavy atom. The number of anilines is 1. The van der Waals surface area contributed by atoms with Gasteiger partial charge in [-0.1, -0.05) is 87.0 Å². The Balaban J connectivity index is 2.01. The summed E-state index contributed by atoms with van der Waals surface area (Å²) in [4.78, 5) is 28.5. The fourth-order valence-corrected chi connectivity index (χ4v) is 5.22. The number of sulfonamides is 1. The van der Waals surface area contributed by atoms with Crippen molar-refractivity contribution in [3.8, 4) is 0 Å². The Morgan fingerprint density at radius 2 is 1.49 bits per heavy atom. The maximum absolute atomic E-state index is 13.9. The minimum Gasteiger partial charge on any atom is -0.357 e. The van der Waals surface area contributed by atoms with Crippen LogP contribution in [0.4, 0.5) is 5.69 Å². The Bertz CT molecular complexity index is 1370. The first-order chi connectivity index (χ1) is 18.3. The zero-order valence-electron chi connectivity index (χ0n) is 23.0. The summed E-state index contributed by atoms with van der Waals surface area (Å²) in [6.07, 6.45) is 1.33. The summed E-state index contributed by atoms with van der Waals surface area (Å²) < 4.78 is 26.8. The van der Waals surface area contributed by atoms with Crippen molar-refractivity contribution >= 4 is 39.1 Å². The zero-order chi connectivity index (χ0) is 28.8. The summed E-state index contributed by atoms with van der Waals surface area (Å²) in [6, 6.07) is 22.7. The van der Waals surface area contributed by atoms with Gasteiger partial charge in [-0.25, -0.2) is 8.42 Å². The fourth-order valence-electron chi connectivity index (χ4n) is 4.25. The lowest BCUT2D eigenvalue weighted by Gasteiger charge is -2.33. The van der Waals surface area contributed by atoms with E-state index in [1.807, 2.05) is 42.5 Å². The molecule has 0 spiro atoms. The van der Waals surface area contributed by atoms with E-state index < -0.39 is 28.5 Å². The maximum Gasteiger partial charge on any atom is 0.244 e. The molecule has 0 aliphatic heterocycles. The topological polar surface area (TPSA) is 86.8 Å². The second-order valence-corrected chi connectivity index (χ2v) is 12.9. The van der Waals surface area contributed by atoms with Gasteiger partial charge in [-0.15, -0.1) is 0 Å². The smallest absolute Gasteiger partial charge is 0.244 e. The van der Waals surface area contributed by atoms with E-state index in [0.717, 1.165) is 27.3 Å². The molecule has 3 aromatic carbocycles. The molecule has 0 saturated heterocycles. The van der Waals surface area contributed by atoms with Gasteiger partial charge >= 0.3 is 0 Å². The minimum absolute atomic E-state index is 0.0987. The zero-order valence-corrected chi connectivity index (χ0v) is 24.6. The average Bonchev–Trinajstić information content (AvgIpc) is 2.89. The Kier molecular flexibility index (Phi) is 9.80. The molecule has 0 fully saturated rings. The molecule has 0 unspecified atom stereocenters. The number of carbonyl (C=O) groups is 2. The van der Waals surface area contributed by atoms with E-state index in [9.17, 15) is 18.0 Å². The minimum atomic E-state index is -3.82. The number of nitrogens with zero attached hydrogens (tertiary/aromatic N) is 2. The first-order valence-electron chi connectivity index (χ1n) is 12.7. The van der Waals surface area contributed by atoms with Crippen molar-refractivity contribution in [1.29, 1.82) is 0 Å². The highest BCUT2D eigenvalue weighted by molar-refractivity contribution is 7.92. The molecule has 0 aromatic heterocycles. The molecule has 208 valence electrons. The highest BCUT2D eigenvalue weighted by Gasteiger charge is 2.32. The third-order valence-corrected chi connectivity index (χ3v) is 7.88. The van der Waals surface area contributed by atoms with Crippen molar-refractivity contribution in [2.45, 2.75) is 45.2 Å². The molecule has 0 saturated carbocycles. The highest BCUT2D eigenvalue weighted by Crippen LogP contribution is 2.26. The van der Waals surface area contributed by atoms with Crippen LogP contribution in [0.3, 0.4) is 0 Å². The number of amides is 2. The monoisotopic (exact) mass is 569 g/mol. The van der Waals surface area contributed by atoms with Crippen LogP contribution < -0.4 is 9.62 Å². The van der Waals surface area contributed by atoms with Gasteiger partial charge in [0.05, 0.1) is 11.9 Å². The van der Waals surface area contributed by atoms with Gasteiger partial charge in [0.25, 0.3) is 0 Å². The number of halogens is 1. The van der Waals surface area contributed by atoms with Crippen LogP contribution in [-0.4, -0.2) is 51.0 Å². The van der Waals surface area contributed by atoms with Crippen LogP contribution in [0.15, 0.2) is 78.9 Å². The molecule has 9 heteroatoms. The highest BCUT2D eigenvalue weighted by atomic mass is 35.5. The SMILES string of the molecule is CNC(=O)[C@@H](Cc1ccccc1)N(Cc1ccc(Cl)cc1)C(=O)CN(c1ccc(C(C)(C)C)cc1)S(C)(=O)=O. The molecule has 7 nitrogen and oxygen atoms in total. The van der Waals surface area contributed by atoms with E-state index in [-0.39, 0.29) is 24.3 Å². The van der Waals surface area contributed by atoms with Crippen LogP contribution in [0, 0.1) is 0 Å². The standard InChI is InChI=1S/C30H36ClN3O4S/c1-30(2,3)24-13-17-26(18-14-24)34(39(5,37)38)21-28(35)33(20-23-11-15-25(31)16-12-23)27(29(36)32-4)19-22-9-7-6-8-10-22/h6-18,27H,19-21H2,1-5H3,(H,32,36)/t27-/m1/s1. The molecule has 0 bridgehead atoms.